The number of rotatable bonds is 5. The number of carbonyl (C=O) groups excluding carboxylic acids is 1. The number of aromatic nitrogens is 3. The number of amides is 1. The lowest BCUT2D eigenvalue weighted by Gasteiger charge is -2.02. The van der Waals surface area contributed by atoms with E-state index in [2.05, 4.69) is 32.7 Å². The number of hydrogen-bond acceptors (Lipinski definition) is 6. The minimum atomic E-state index is -0.269. The quantitative estimate of drug-likeness (QED) is 0.876. The second-order valence-corrected chi connectivity index (χ2v) is 5.02. The zero-order chi connectivity index (χ0) is 13.7. The van der Waals surface area contributed by atoms with Crippen LogP contribution in [0.25, 0.3) is 0 Å². The molecular weight excluding hydrogens is 262 g/mol. The zero-order valence-corrected chi connectivity index (χ0v) is 11.6. The maximum Gasteiger partial charge on any atom is 0.286 e. The van der Waals surface area contributed by atoms with E-state index in [-0.39, 0.29) is 5.91 Å². The molecule has 0 fully saturated rings. The second-order valence-electron chi connectivity index (χ2n) is 4.04. The molecule has 100 valence electrons. The number of nitrogens with zero attached hydrogens (tertiary/aromatic N) is 3. The predicted molar refractivity (Wildman–Crippen MR) is 75.6 cm³/mol. The highest BCUT2D eigenvalue weighted by Crippen LogP contribution is 2.17. The smallest absolute Gasteiger partial charge is 0.286 e. The van der Waals surface area contributed by atoms with E-state index in [1.54, 1.807) is 12.4 Å². The Morgan fingerprint density at radius 1 is 1.37 bits per heavy atom. The third kappa shape index (κ3) is 3.72. The molecule has 0 spiro atoms. The lowest BCUT2D eigenvalue weighted by Crippen LogP contribution is -2.11. The monoisotopic (exact) mass is 277 g/mol. The van der Waals surface area contributed by atoms with Crippen LogP contribution < -0.4 is 10.6 Å². The number of carbonyl (C=O) groups is 1. The summed E-state index contributed by atoms with van der Waals surface area (Å²) in [5.74, 6) is -0.269. The average Bonchev–Trinajstić information content (AvgIpc) is 2.85. The Hall–Kier alpha value is -2.02. The summed E-state index contributed by atoms with van der Waals surface area (Å²) in [5, 5.41) is 14.6. The maximum atomic E-state index is 12.0. The molecule has 0 radical (unpaired) electrons. The third-order valence-electron chi connectivity index (χ3n) is 2.28. The molecule has 0 aromatic carbocycles. The van der Waals surface area contributed by atoms with Gasteiger partial charge < -0.3 is 10.6 Å². The van der Waals surface area contributed by atoms with E-state index in [1.165, 1.54) is 11.3 Å². The molecule has 7 heteroatoms. The van der Waals surface area contributed by atoms with Crippen LogP contribution in [-0.2, 0) is 0 Å². The van der Waals surface area contributed by atoms with E-state index in [9.17, 15) is 4.79 Å². The summed E-state index contributed by atoms with van der Waals surface area (Å²) in [6.07, 6.45) is 4.33. The molecule has 2 heterocycles. The summed E-state index contributed by atoms with van der Waals surface area (Å²) in [5.41, 5.74) is 1.64. The fourth-order valence-electron chi connectivity index (χ4n) is 1.43. The van der Waals surface area contributed by atoms with E-state index in [4.69, 9.17) is 0 Å². The molecule has 2 aromatic heterocycles. The van der Waals surface area contributed by atoms with Gasteiger partial charge in [0.1, 0.15) is 0 Å². The molecular formula is C12H15N5OS. The Labute approximate surface area is 115 Å². The Bertz CT molecular complexity index is 569. The average molecular weight is 277 g/mol. The zero-order valence-electron chi connectivity index (χ0n) is 10.8. The second kappa shape index (κ2) is 6.24. The predicted octanol–water partition coefficient (Wildman–Crippen LogP) is 2.32. The maximum absolute atomic E-state index is 12.0. The lowest BCUT2D eigenvalue weighted by molar-refractivity contribution is 0.102. The number of pyridine rings is 1. The molecule has 0 unspecified atom stereocenters. The Balaban J connectivity index is 2.01. The van der Waals surface area contributed by atoms with Crippen molar-refractivity contribution >= 4 is 28.1 Å². The largest absolute Gasteiger partial charge is 0.360 e. The van der Waals surface area contributed by atoms with Gasteiger partial charge in [-0.3, -0.25) is 9.78 Å². The molecule has 0 atom stereocenters. The molecule has 2 aromatic rings. The van der Waals surface area contributed by atoms with Crippen LogP contribution in [-0.4, -0.2) is 27.6 Å². The van der Waals surface area contributed by atoms with E-state index >= 15 is 0 Å². The lowest BCUT2D eigenvalue weighted by atomic mass is 10.3. The highest BCUT2D eigenvalue weighted by atomic mass is 32.1. The first-order valence-corrected chi connectivity index (χ1v) is 6.81. The van der Waals surface area contributed by atoms with Crippen LogP contribution in [0, 0.1) is 6.92 Å². The van der Waals surface area contributed by atoms with Gasteiger partial charge >= 0.3 is 0 Å². The summed E-state index contributed by atoms with van der Waals surface area (Å²) >= 11 is 1.24. The molecule has 0 aliphatic rings. The Morgan fingerprint density at radius 2 is 2.21 bits per heavy atom. The summed E-state index contributed by atoms with van der Waals surface area (Å²) in [7, 11) is 0. The normalized spacial score (nSPS) is 10.2. The van der Waals surface area contributed by atoms with Gasteiger partial charge in [0.15, 0.2) is 0 Å². The van der Waals surface area contributed by atoms with Crippen molar-refractivity contribution in [3.05, 3.63) is 29.0 Å². The van der Waals surface area contributed by atoms with Crippen LogP contribution in [0.15, 0.2) is 18.5 Å². The first-order valence-electron chi connectivity index (χ1n) is 5.99. The van der Waals surface area contributed by atoms with Crippen LogP contribution in [0.4, 0.5) is 10.8 Å². The molecule has 0 saturated heterocycles. The summed E-state index contributed by atoms with van der Waals surface area (Å²) in [6, 6.07) is 1.85. The van der Waals surface area contributed by atoms with Crippen LogP contribution in [0.5, 0.6) is 0 Å². The van der Waals surface area contributed by atoms with Crippen molar-refractivity contribution in [1.29, 1.82) is 0 Å². The molecule has 1 amide bonds. The molecule has 0 aliphatic carbocycles. The number of aryl methyl sites for hydroxylation is 1. The summed E-state index contributed by atoms with van der Waals surface area (Å²) in [6.45, 7) is 4.80. The fraction of sp³-hybridized carbons (Fsp3) is 0.333. The minimum absolute atomic E-state index is 0.269. The highest BCUT2D eigenvalue weighted by Gasteiger charge is 2.12. The van der Waals surface area contributed by atoms with E-state index < -0.39 is 0 Å². The van der Waals surface area contributed by atoms with E-state index in [0.717, 1.165) is 18.5 Å². The fourth-order valence-corrected chi connectivity index (χ4v) is 2.09. The summed E-state index contributed by atoms with van der Waals surface area (Å²) < 4.78 is 0. The minimum Gasteiger partial charge on any atom is -0.360 e. The van der Waals surface area contributed by atoms with Crippen molar-refractivity contribution in [2.24, 2.45) is 0 Å². The van der Waals surface area contributed by atoms with Crippen molar-refractivity contribution in [3.8, 4) is 0 Å². The van der Waals surface area contributed by atoms with Gasteiger partial charge in [-0.05, 0) is 25.0 Å². The SMILES string of the molecule is CCCNc1nnc(C(=O)Nc2cncc(C)c2)s1. The number of nitrogens with one attached hydrogen (secondary N) is 2. The van der Waals surface area contributed by atoms with E-state index in [0.29, 0.717) is 15.8 Å². The van der Waals surface area contributed by atoms with Crippen molar-refractivity contribution in [3.63, 3.8) is 0 Å². The van der Waals surface area contributed by atoms with Gasteiger partial charge in [0.05, 0.1) is 11.9 Å². The van der Waals surface area contributed by atoms with Crippen molar-refractivity contribution in [2.75, 3.05) is 17.2 Å². The molecule has 19 heavy (non-hydrogen) atoms. The molecule has 2 rings (SSSR count). The molecule has 0 bridgehead atoms. The van der Waals surface area contributed by atoms with Gasteiger partial charge in [-0.25, -0.2) is 0 Å². The van der Waals surface area contributed by atoms with Gasteiger partial charge in [0, 0.05) is 12.7 Å². The Kier molecular flexibility index (Phi) is 4.40. The molecule has 6 nitrogen and oxygen atoms in total. The van der Waals surface area contributed by atoms with Gasteiger partial charge in [-0.1, -0.05) is 18.3 Å². The van der Waals surface area contributed by atoms with Gasteiger partial charge in [-0.15, -0.1) is 10.2 Å². The van der Waals surface area contributed by atoms with Crippen molar-refractivity contribution in [1.82, 2.24) is 15.2 Å². The van der Waals surface area contributed by atoms with Crippen LogP contribution in [0.3, 0.4) is 0 Å². The van der Waals surface area contributed by atoms with Gasteiger partial charge in [0.25, 0.3) is 5.91 Å². The topological polar surface area (TPSA) is 79.8 Å². The van der Waals surface area contributed by atoms with Crippen molar-refractivity contribution < 1.29 is 4.79 Å². The van der Waals surface area contributed by atoms with Crippen LogP contribution >= 0.6 is 11.3 Å². The van der Waals surface area contributed by atoms with Crippen LogP contribution in [0.2, 0.25) is 0 Å². The van der Waals surface area contributed by atoms with Gasteiger partial charge in [-0.2, -0.15) is 0 Å². The van der Waals surface area contributed by atoms with Gasteiger partial charge in [0.2, 0.25) is 10.1 Å². The third-order valence-corrected chi connectivity index (χ3v) is 3.16. The molecule has 0 saturated carbocycles. The Morgan fingerprint density at radius 3 is 2.95 bits per heavy atom. The highest BCUT2D eigenvalue weighted by molar-refractivity contribution is 7.17. The van der Waals surface area contributed by atoms with E-state index in [1.807, 2.05) is 13.0 Å². The molecule has 2 N–H and O–H groups in total. The van der Waals surface area contributed by atoms with Crippen molar-refractivity contribution in [2.45, 2.75) is 20.3 Å². The first kappa shape index (κ1) is 13.4. The standard InChI is InChI=1S/C12H15N5OS/c1-3-4-14-12-17-16-11(19-12)10(18)15-9-5-8(2)6-13-7-9/h5-7H,3-4H2,1-2H3,(H,14,17)(H,15,18). The first-order chi connectivity index (χ1) is 9.19. The number of hydrogen-bond donors (Lipinski definition) is 2. The summed E-state index contributed by atoms with van der Waals surface area (Å²) in [4.78, 5) is 16.0. The number of anilines is 2. The van der Waals surface area contributed by atoms with Crippen LogP contribution in [0.1, 0.15) is 28.7 Å². The molecule has 0 aliphatic heterocycles.